The van der Waals surface area contributed by atoms with Crippen molar-refractivity contribution in [1.82, 2.24) is 29.5 Å². The summed E-state index contributed by atoms with van der Waals surface area (Å²) in [6.45, 7) is 7.18. The molecule has 2 N–H and O–H groups in total. The normalized spacial score (nSPS) is 16.2. The largest absolute Gasteiger partial charge is 0.378 e. The molecule has 1 atom stereocenters. The SMILES string of the molecule is CC[C@@H](C)n1cnc2c(-c3cnc(N)nc3)nc(N3CCOCC3)nc21. The standard InChI is InChI=1S/C17H22N8O/c1-3-11(2)25-10-21-14-13(12-8-19-16(18)20-9-12)22-17(23-15(14)25)24-4-6-26-7-5-24/h8-11H,3-7H2,1-2H3,(H2,18,19,20)/t11-/m1/s1. The zero-order valence-electron chi connectivity index (χ0n) is 15.0. The molecule has 1 aliphatic rings. The first-order chi connectivity index (χ1) is 12.7. The predicted octanol–water partition coefficient (Wildman–Crippen LogP) is 1.67. The molecule has 0 radical (unpaired) electrons. The molecule has 9 nitrogen and oxygen atoms in total. The lowest BCUT2D eigenvalue weighted by atomic mass is 10.2. The van der Waals surface area contributed by atoms with Crippen LogP contribution in [-0.4, -0.2) is 55.8 Å². The second-order valence-corrected chi connectivity index (χ2v) is 6.38. The summed E-state index contributed by atoms with van der Waals surface area (Å²) >= 11 is 0. The van der Waals surface area contributed by atoms with E-state index in [0.29, 0.717) is 25.2 Å². The predicted molar refractivity (Wildman–Crippen MR) is 98.8 cm³/mol. The van der Waals surface area contributed by atoms with E-state index in [4.69, 9.17) is 20.4 Å². The zero-order valence-corrected chi connectivity index (χ0v) is 15.0. The van der Waals surface area contributed by atoms with E-state index < -0.39 is 0 Å². The minimum atomic E-state index is 0.234. The molecule has 0 saturated carbocycles. The van der Waals surface area contributed by atoms with Crippen molar-refractivity contribution < 1.29 is 4.74 Å². The number of nitrogen functional groups attached to an aromatic ring is 1. The Morgan fingerprint density at radius 3 is 2.58 bits per heavy atom. The van der Waals surface area contributed by atoms with E-state index in [1.165, 1.54) is 0 Å². The van der Waals surface area contributed by atoms with Crippen molar-refractivity contribution in [2.24, 2.45) is 0 Å². The van der Waals surface area contributed by atoms with Crippen LogP contribution in [0, 0.1) is 0 Å². The molecule has 0 bridgehead atoms. The van der Waals surface area contributed by atoms with Crippen molar-refractivity contribution in [2.75, 3.05) is 36.9 Å². The molecule has 0 unspecified atom stereocenters. The van der Waals surface area contributed by atoms with Crippen molar-refractivity contribution in [3.8, 4) is 11.3 Å². The summed E-state index contributed by atoms with van der Waals surface area (Å²) in [6, 6.07) is 0.294. The maximum Gasteiger partial charge on any atom is 0.228 e. The molecular weight excluding hydrogens is 332 g/mol. The van der Waals surface area contributed by atoms with Crippen molar-refractivity contribution in [1.29, 1.82) is 0 Å². The van der Waals surface area contributed by atoms with Gasteiger partial charge >= 0.3 is 0 Å². The zero-order chi connectivity index (χ0) is 18.1. The molecule has 4 rings (SSSR count). The maximum atomic E-state index is 5.63. The van der Waals surface area contributed by atoms with E-state index in [1.807, 2.05) is 6.33 Å². The van der Waals surface area contributed by atoms with Gasteiger partial charge in [0.1, 0.15) is 11.2 Å². The van der Waals surface area contributed by atoms with Crippen LogP contribution < -0.4 is 10.6 Å². The lowest BCUT2D eigenvalue weighted by Gasteiger charge is -2.27. The molecule has 4 heterocycles. The smallest absolute Gasteiger partial charge is 0.228 e. The van der Waals surface area contributed by atoms with Gasteiger partial charge in [-0.2, -0.15) is 4.98 Å². The van der Waals surface area contributed by atoms with Crippen LogP contribution in [0.15, 0.2) is 18.7 Å². The Balaban J connectivity index is 1.90. The van der Waals surface area contributed by atoms with Crippen LogP contribution in [0.1, 0.15) is 26.3 Å². The van der Waals surface area contributed by atoms with E-state index in [9.17, 15) is 0 Å². The van der Waals surface area contributed by atoms with Gasteiger partial charge in [0.25, 0.3) is 0 Å². The summed E-state index contributed by atoms with van der Waals surface area (Å²) in [7, 11) is 0. The van der Waals surface area contributed by atoms with E-state index in [1.54, 1.807) is 12.4 Å². The van der Waals surface area contributed by atoms with Crippen LogP contribution in [-0.2, 0) is 4.74 Å². The molecule has 1 saturated heterocycles. The number of rotatable bonds is 4. The van der Waals surface area contributed by atoms with E-state index in [-0.39, 0.29) is 5.95 Å². The lowest BCUT2D eigenvalue weighted by Crippen LogP contribution is -2.37. The second-order valence-electron chi connectivity index (χ2n) is 6.38. The Morgan fingerprint density at radius 1 is 1.15 bits per heavy atom. The first-order valence-electron chi connectivity index (χ1n) is 8.82. The Kier molecular flexibility index (Phi) is 4.37. The van der Waals surface area contributed by atoms with Crippen molar-refractivity contribution >= 4 is 23.1 Å². The Morgan fingerprint density at radius 2 is 1.88 bits per heavy atom. The van der Waals surface area contributed by atoms with Crippen LogP contribution in [0.25, 0.3) is 22.4 Å². The summed E-state index contributed by atoms with van der Waals surface area (Å²) < 4.78 is 7.55. The van der Waals surface area contributed by atoms with Gasteiger partial charge in [0.05, 0.1) is 19.5 Å². The Hall–Kier alpha value is -2.81. The number of nitrogens with zero attached hydrogens (tertiary/aromatic N) is 7. The summed E-state index contributed by atoms with van der Waals surface area (Å²) in [5.41, 5.74) is 8.69. The molecule has 0 aliphatic carbocycles. The molecule has 0 amide bonds. The highest BCUT2D eigenvalue weighted by molar-refractivity contribution is 5.88. The summed E-state index contributed by atoms with van der Waals surface area (Å²) in [6.07, 6.45) is 6.17. The average Bonchev–Trinajstić information content (AvgIpc) is 3.12. The molecule has 1 aliphatic heterocycles. The quantitative estimate of drug-likeness (QED) is 0.754. The van der Waals surface area contributed by atoms with Crippen LogP contribution in [0.2, 0.25) is 0 Å². The molecule has 9 heteroatoms. The third-order valence-corrected chi connectivity index (χ3v) is 4.71. The second kappa shape index (κ2) is 6.83. The highest BCUT2D eigenvalue weighted by Gasteiger charge is 2.21. The van der Waals surface area contributed by atoms with E-state index >= 15 is 0 Å². The molecule has 136 valence electrons. The van der Waals surface area contributed by atoms with Gasteiger partial charge in [0, 0.05) is 37.1 Å². The monoisotopic (exact) mass is 354 g/mol. The van der Waals surface area contributed by atoms with Gasteiger partial charge in [-0.15, -0.1) is 0 Å². The molecule has 0 spiro atoms. The summed E-state index contributed by atoms with van der Waals surface area (Å²) in [4.78, 5) is 24.5. The van der Waals surface area contributed by atoms with Crippen molar-refractivity contribution in [3.63, 3.8) is 0 Å². The first kappa shape index (κ1) is 16.6. The third kappa shape index (κ3) is 2.94. The number of hydrogen-bond acceptors (Lipinski definition) is 8. The fourth-order valence-corrected chi connectivity index (χ4v) is 2.99. The highest BCUT2D eigenvalue weighted by atomic mass is 16.5. The fourth-order valence-electron chi connectivity index (χ4n) is 2.99. The van der Waals surface area contributed by atoms with Crippen molar-refractivity contribution in [2.45, 2.75) is 26.3 Å². The van der Waals surface area contributed by atoms with Crippen LogP contribution in [0.5, 0.6) is 0 Å². The average molecular weight is 354 g/mol. The minimum absolute atomic E-state index is 0.234. The van der Waals surface area contributed by atoms with Gasteiger partial charge in [-0.05, 0) is 13.3 Å². The fraction of sp³-hybridized carbons (Fsp3) is 0.471. The van der Waals surface area contributed by atoms with Crippen LogP contribution in [0.3, 0.4) is 0 Å². The number of hydrogen-bond donors (Lipinski definition) is 1. The number of nitrogens with two attached hydrogens (primary N) is 1. The number of fused-ring (bicyclic) bond motifs is 1. The van der Waals surface area contributed by atoms with Gasteiger partial charge in [0.2, 0.25) is 11.9 Å². The molecule has 26 heavy (non-hydrogen) atoms. The molecule has 0 aromatic carbocycles. The topological polar surface area (TPSA) is 108 Å². The van der Waals surface area contributed by atoms with Gasteiger partial charge < -0.3 is 19.9 Å². The third-order valence-electron chi connectivity index (χ3n) is 4.71. The molecule has 3 aromatic heterocycles. The summed E-state index contributed by atoms with van der Waals surface area (Å²) in [5.74, 6) is 0.912. The van der Waals surface area contributed by atoms with Gasteiger partial charge in [-0.25, -0.2) is 19.9 Å². The summed E-state index contributed by atoms with van der Waals surface area (Å²) in [5, 5.41) is 0. The van der Waals surface area contributed by atoms with Crippen LogP contribution >= 0.6 is 0 Å². The first-order valence-corrected chi connectivity index (χ1v) is 8.82. The number of aromatic nitrogens is 6. The molecule has 1 fully saturated rings. The maximum absolute atomic E-state index is 5.63. The van der Waals surface area contributed by atoms with Gasteiger partial charge in [-0.1, -0.05) is 6.92 Å². The number of imidazole rings is 1. The van der Waals surface area contributed by atoms with E-state index in [2.05, 4.69) is 38.3 Å². The number of morpholine rings is 1. The minimum Gasteiger partial charge on any atom is -0.378 e. The Labute approximate surface area is 151 Å². The number of anilines is 2. The molecule has 3 aromatic rings. The van der Waals surface area contributed by atoms with Gasteiger partial charge in [0.15, 0.2) is 5.65 Å². The molecular formula is C17H22N8O. The van der Waals surface area contributed by atoms with Crippen LogP contribution in [0.4, 0.5) is 11.9 Å². The number of ether oxygens (including phenoxy) is 1. The van der Waals surface area contributed by atoms with Crippen molar-refractivity contribution in [3.05, 3.63) is 18.7 Å². The van der Waals surface area contributed by atoms with Gasteiger partial charge in [-0.3, -0.25) is 0 Å². The van der Waals surface area contributed by atoms with E-state index in [0.717, 1.165) is 41.9 Å². The highest BCUT2D eigenvalue weighted by Crippen LogP contribution is 2.29. The lowest BCUT2D eigenvalue weighted by molar-refractivity contribution is 0.122. The Bertz CT molecular complexity index is 901.